The van der Waals surface area contributed by atoms with E-state index < -0.39 is 0 Å². The van der Waals surface area contributed by atoms with Crippen LogP contribution < -0.4 is 15.4 Å². The summed E-state index contributed by atoms with van der Waals surface area (Å²) in [7, 11) is 0. The standard InChI is InChI=1S/C22H27BrN2O3/c1-14(2)11-12-28-20-10-5-16(13-19(20)23)22(27)25-18-8-6-17(7-9-18)24-21(26)15(3)4/h5-10,13-15H,11-12H2,1-4H3,(H,24,26)(H,25,27). The van der Waals surface area contributed by atoms with Crippen LogP contribution >= 0.6 is 15.9 Å². The maximum Gasteiger partial charge on any atom is 0.255 e. The normalized spacial score (nSPS) is 10.8. The van der Waals surface area contributed by atoms with E-state index in [1.165, 1.54) is 0 Å². The molecule has 6 heteroatoms. The summed E-state index contributed by atoms with van der Waals surface area (Å²) < 4.78 is 6.50. The molecular weight excluding hydrogens is 420 g/mol. The summed E-state index contributed by atoms with van der Waals surface area (Å²) >= 11 is 3.47. The third-order valence-corrected chi connectivity index (χ3v) is 4.70. The number of benzene rings is 2. The number of nitrogens with one attached hydrogen (secondary N) is 2. The van der Waals surface area contributed by atoms with Gasteiger partial charge in [0.2, 0.25) is 5.91 Å². The van der Waals surface area contributed by atoms with E-state index >= 15 is 0 Å². The molecule has 0 radical (unpaired) electrons. The van der Waals surface area contributed by atoms with Gasteiger partial charge in [-0.2, -0.15) is 0 Å². The minimum Gasteiger partial charge on any atom is -0.492 e. The highest BCUT2D eigenvalue weighted by Crippen LogP contribution is 2.27. The van der Waals surface area contributed by atoms with Crippen LogP contribution in [0.15, 0.2) is 46.9 Å². The molecule has 0 aliphatic rings. The predicted octanol–water partition coefficient (Wildman–Crippen LogP) is 5.72. The van der Waals surface area contributed by atoms with Crippen LogP contribution in [0.5, 0.6) is 5.75 Å². The van der Waals surface area contributed by atoms with Crippen molar-refractivity contribution in [3.8, 4) is 5.75 Å². The number of halogens is 1. The molecule has 0 aliphatic carbocycles. The van der Waals surface area contributed by atoms with Crippen molar-refractivity contribution < 1.29 is 14.3 Å². The summed E-state index contributed by atoms with van der Waals surface area (Å²) in [6.45, 7) is 8.61. The van der Waals surface area contributed by atoms with Crippen molar-refractivity contribution in [2.24, 2.45) is 11.8 Å². The van der Waals surface area contributed by atoms with E-state index in [9.17, 15) is 9.59 Å². The van der Waals surface area contributed by atoms with Gasteiger partial charge in [-0.3, -0.25) is 9.59 Å². The monoisotopic (exact) mass is 446 g/mol. The number of hydrogen-bond donors (Lipinski definition) is 2. The van der Waals surface area contributed by atoms with Crippen LogP contribution in [0.1, 0.15) is 44.5 Å². The zero-order chi connectivity index (χ0) is 20.7. The molecule has 2 N–H and O–H groups in total. The van der Waals surface area contributed by atoms with Gasteiger partial charge in [-0.1, -0.05) is 27.7 Å². The molecule has 0 saturated heterocycles. The van der Waals surface area contributed by atoms with Gasteiger partial charge in [0.15, 0.2) is 0 Å². The first-order chi connectivity index (χ1) is 13.3. The van der Waals surface area contributed by atoms with E-state index in [4.69, 9.17) is 4.74 Å². The lowest BCUT2D eigenvalue weighted by Crippen LogP contribution is -2.17. The topological polar surface area (TPSA) is 67.4 Å². The van der Waals surface area contributed by atoms with Crippen LogP contribution in [0, 0.1) is 11.8 Å². The fourth-order valence-electron chi connectivity index (χ4n) is 2.29. The Labute approximate surface area is 175 Å². The van der Waals surface area contributed by atoms with Crippen LogP contribution in [0.3, 0.4) is 0 Å². The Morgan fingerprint density at radius 1 is 0.964 bits per heavy atom. The number of amides is 2. The zero-order valence-corrected chi connectivity index (χ0v) is 18.3. The van der Waals surface area contributed by atoms with Gasteiger partial charge in [0.05, 0.1) is 11.1 Å². The van der Waals surface area contributed by atoms with Gasteiger partial charge in [0, 0.05) is 22.9 Å². The van der Waals surface area contributed by atoms with E-state index in [0.29, 0.717) is 29.5 Å². The van der Waals surface area contributed by atoms with Crippen molar-refractivity contribution in [2.45, 2.75) is 34.1 Å². The molecule has 0 saturated carbocycles. The van der Waals surface area contributed by atoms with E-state index in [0.717, 1.165) is 16.6 Å². The van der Waals surface area contributed by atoms with Gasteiger partial charge < -0.3 is 15.4 Å². The average molecular weight is 447 g/mol. The summed E-state index contributed by atoms with van der Waals surface area (Å²) in [6, 6.07) is 12.3. The average Bonchev–Trinajstić information content (AvgIpc) is 2.64. The van der Waals surface area contributed by atoms with E-state index in [-0.39, 0.29) is 17.7 Å². The van der Waals surface area contributed by atoms with E-state index in [1.807, 2.05) is 13.8 Å². The number of anilines is 2. The van der Waals surface area contributed by atoms with Gasteiger partial charge in [-0.15, -0.1) is 0 Å². The molecule has 2 aromatic carbocycles. The molecule has 150 valence electrons. The lowest BCUT2D eigenvalue weighted by Gasteiger charge is -2.12. The SMILES string of the molecule is CC(C)CCOc1ccc(C(=O)Nc2ccc(NC(=O)C(C)C)cc2)cc1Br. The highest BCUT2D eigenvalue weighted by molar-refractivity contribution is 9.10. The van der Waals surface area contributed by atoms with E-state index in [1.54, 1.807) is 42.5 Å². The fourth-order valence-corrected chi connectivity index (χ4v) is 2.78. The molecule has 2 rings (SSSR count). The van der Waals surface area contributed by atoms with Crippen molar-refractivity contribution in [1.29, 1.82) is 0 Å². The Bertz CT molecular complexity index is 817. The first-order valence-electron chi connectivity index (χ1n) is 9.41. The molecule has 2 aromatic rings. The molecule has 2 amide bonds. The van der Waals surface area contributed by atoms with Gasteiger partial charge >= 0.3 is 0 Å². The van der Waals surface area contributed by atoms with Crippen molar-refractivity contribution >= 4 is 39.1 Å². The second-order valence-electron chi connectivity index (χ2n) is 7.35. The Morgan fingerprint density at radius 2 is 1.57 bits per heavy atom. The lowest BCUT2D eigenvalue weighted by molar-refractivity contribution is -0.118. The smallest absolute Gasteiger partial charge is 0.255 e. The van der Waals surface area contributed by atoms with E-state index in [2.05, 4.69) is 40.4 Å². The number of ether oxygens (including phenoxy) is 1. The maximum atomic E-state index is 12.5. The van der Waals surface area contributed by atoms with Crippen molar-refractivity contribution in [3.05, 3.63) is 52.5 Å². The minimum atomic E-state index is -0.214. The molecule has 0 bridgehead atoms. The molecule has 28 heavy (non-hydrogen) atoms. The minimum absolute atomic E-state index is 0.0441. The van der Waals surface area contributed by atoms with Crippen LogP contribution in [0.4, 0.5) is 11.4 Å². The summed E-state index contributed by atoms with van der Waals surface area (Å²) in [5.41, 5.74) is 1.88. The molecular formula is C22H27BrN2O3. The lowest BCUT2D eigenvalue weighted by atomic mass is 10.1. The maximum absolute atomic E-state index is 12.5. The Hall–Kier alpha value is -2.34. The van der Waals surface area contributed by atoms with Gasteiger partial charge in [-0.25, -0.2) is 0 Å². The Kier molecular flexibility index (Phi) is 8.05. The molecule has 0 unspecified atom stereocenters. The van der Waals surface area contributed by atoms with Crippen molar-refractivity contribution in [1.82, 2.24) is 0 Å². The second kappa shape index (κ2) is 10.3. The van der Waals surface area contributed by atoms with Crippen molar-refractivity contribution in [3.63, 3.8) is 0 Å². The zero-order valence-electron chi connectivity index (χ0n) is 16.7. The number of rotatable bonds is 8. The fraction of sp³-hybridized carbons (Fsp3) is 0.364. The van der Waals surface area contributed by atoms with Gasteiger partial charge in [0.25, 0.3) is 5.91 Å². The number of carbonyl (C=O) groups is 2. The summed E-state index contributed by atoms with van der Waals surface area (Å²) in [5.74, 6) is 0.956. The third kappa shape index (κ3) is 6.68. The van der Waals surface area contributed by atoms with Crippen LogP contribution in [-0.4, -0.2) is 18.4 Å². The molecule has 5 nitrogen and oxygen atoms in total. The predicted molar refractivity (Wildman–Crippen MR) is 117 cm³/mol. The summed E-state index contributed by atoms with van der Waals surface area (Å²) in [5, 5.41) is 5.67. The number of hydrogen-bond acceptors (Lipinski definition) is 3. The van der Waals surface area contributed by atoms with Crippen LogP contribution in [0.25, 0.3) is 0 Å². The first-order valence-corrected chi connectivity index (χ1v) is 10.2. The molecule has 0 aromatic heterocycles. The summed E-state index contributed by atoms with van der Waals surface area (Å²) in [4.78, 5) is 24.2. The Morgan fingerprint density at radius 3 is 2.11 bits per heavy atom. The molecule has 0 spiro atoms. The third-order valence-electron chi connectivity index (χ3n) is 4.08. The van der Waals surface area contributed by atoms with Crippen molar-refractivity contribution in [2.75, 3.05) is 17.2 Å². The first kappa shape index (κ1) is 22.0. The Balaban J connectivity index is 1.97. The largest absolute Gasteiger partial charge is 0.492 e. The van der Waals surface area contributed by atoms with Gasteiger partial charge in [0.1, 0.15) is 5.75 Å². The molecule has 0 heterocycles. The van der Waals surface area contributed by atoms with Crippen LogP contribution in [-0.2, 0) is 4.79 Å². The van der Waals surface area contributed by atoms with Gasteiger partial charge in [-0.05, 0) is 70.7 Å². The molecule has 0 fully saturated rings. The highest BCUT2D eigenvalue weighted by atomic mass is 79.9. The second-order valence-corrected chi connectivity index (χ2v) is 8.21. The van der Waals surface area contributed by atoms with Crippen LogP contribution in [0.2, 0.25) is 0 Å². The molecule has 0 aliphatic heterocycles. The molecule has 0 atom stereocenters. The summed E-state index contributed by atoms with van der Waals surface area (Å²) in [6.07, 6.45) is 0.974. The highest BCUT2D eigenvalue weighted by Gasteiger charge is 2.11. The number of carbonyl (C=O) groups excluding carboxylic acids is 2. The quantitative estimate of drug-likeness (QED) is 0.544.